The number of Topliss-reactive ketones (excluding diaryl/α,β-unsaturated/α-hetero) is 1. The molecule has 0 aromatic rings. The van der Waals surface area contributed by atoms with Crippen LogP contribution in [0.2, 0.25) is 0 Å². The van der Waals surface area contributed by atoms with Crippen LogP contribution in [0.5, 0.6) is 0 Å². The molecule has 3 heteroatoms. The second kappa shape index (κ2) is 1.33. The predicted octanol–water partition coefficient (Wildman–Crippen LogP) is 0.193. The Morgan fingerprint density at radius 2 is 2.43 bits per heavy atom. The number of thioether (sulfide) groups is 1. The summed E-state index contributed by atoms with van der Waals surface area (Å²) in [6, 6.07) is 0. The Bertz CT molecular complexity index is 130. The van der Waals surface area contributed by atoms with Gasteiger partial charge in [0.15, 0.2) is 11.0 Å². The molecule has 1 aliphatic rings. The summed E-state index contributed by atoms with van der Waals surface area (Å²) in [5, 5.41) is 0.0903. The van der Waals surface area contributed by atoms with E-state index in [1.54, 1.807) is 0 Å². The van der Waals surface area contributed by atoms with Crippen molar-refractivity contribution in [3.05, 3.63) is 0 Å². The highest BCUT2D eigenvalue weighted by molar-refractivity contribution is 8.26. The third-order valence-corrected chi connectivity index (χ3v) is 1.79. The fraction of sp³-hybridized carbons (Fsp3) is 0.500. The van der Waals surface area contributed by atoms with Gasteiger partial charge in [-0.3, -0.25) is 9.59 Å². The van der Waals surface area contributed by atoms with Crippen molar-refractivity contribution in [2.75, 3.05) is 0 Å². The molecule has 0 unspecified atom stereocenters. The van der Waals surface area contributed by atoms with Gasteiger partial charge in [0, 0.05) is 0 Å². The number of carbonyl (C=O) groups is 1. The lowest BCUT2D eigenvalue weighted by Gasteiger charge is -1.68. The molecule has 1 rings (SSSR count). The summed E-state index contributed by atoms with van der Waals surface area (Å²) in [7, 11) is 0. The highest BCUT2D eigenvalue weighted by atomic mass is 32.2. The second-order valence-corrected chi connectivity index (χ2v) is 2.57. The van der Waals surface area contributed by atoms with E-state index in [0.29, 0.717) is 0 Å². The summed E-state index contributed by atoms with van der Waals surface area (Å²) in [5.74, 6) is 0.0440. The van der Waals surface area contributed by atoms with Crippen LogP contribution in [0.15, 0.2) is 0 Å². The van der Waals surface area contributed by atoms with Crippen molar-refractivity contribution in [2.45, 2.75) is 12.2 Å². The smallest absolute Gasteiger partial charge is 0.298 e. The average molecular weight is 117 g/mol. The van der Waals surface area contributed by atoms with Crippen molar-refractivity contribution in [3.63, 3.8) is 0 Å². The van der Waals surface area contributed by atoms with E-state index in [-0.39, 0.29) is 16.1 Å². The molecule has 0 radical (unpaired) electrons. The minimum atomic E-state index is -0.181. The third kappa shape index (κ3) is 0.825. The molecular weight excluding hydrogens is 112 g/mol. The average Bonchev–Trinajstić information content (AvgIpc) is 2.17. The Hall–Kier alpha value is -0.310. The molecule has 1 saturated heterocycles. The molecule has 1 aliphatic heterocycles. The van der Waals surface area contributed by atoms with Gasteiger partial charge in [0.25, 0.3) is 0 Å². The maximum absolute atomic E-state index is 10.2. The zero-order valence-electron chi connectivity index (χ0n) is 3.84. The van der Waals surface area contributed by atoms with Gasteiger partial charge in [-0.1, -0.05) is 0 Å². The van der Waals surface area contributed by atoms with Gasteiger partial charge in [0.1, 0.15) is 0 Å². The molecule has 38 valence electrons. The van der Waals surface area contributed by atoms with Crippen molar-refractivity contribution in [2.24, 2.45) is 0 Å². The van der Waals surface area contributed by atoms with Crippen LogP contribution in [0.3, 0.4) is 0 Å². The molecule has 0 amide bonds. The SMILES string of the molecule is CC(=O)[C@@H]1SC1=[OH+]. The van der Waals surface area contributed by atoms with E-state index in [4.69, 9.17) is 4.79 Å². The van der Waals surface area contributed by atoms with Crippen molar-refractivity contribution >= 4 is 22.7 Å². The van der Waals surface area contributed by atoms with Crippen molar-refractivity contribution in [3.8, 4) is 0 Å². The first kappa shape index (κ1) is 4.84. The van der Waals surface area contributed by atoms with Crippen molar-refractivity contribution in [1.29, 1.82) is 0 Å². The third-order valence-electron chi connectivity index (χ3n) is 0.775. The second-order valence-electron chi connectivity index (χ2n) is 1.45. The van der Waals surface area contributed by atoms with E-state index in [0.717, 1.165) is 0 Å². The molecule has 0 aromatic heterocycles. The van der Waals surface area contributed by atoms with E-state index in [9.17, 15) is 4.79 Å². The Morgan fingerprint density at radius 1 is 2.00 bits per heavy atom. The first-order chi connectivity index (χ1) is 3.22. The van der Waals surface area contributed by atoms with Gasteiger partial charge in [0.05, 0.1) is 0 Å². The maximum atomic E-state index is 10.2. The molecule has 0 aliphatic carbocycles. The summed E-state index contributed by atoms with van der Waals surface area (Å²) in [6.07, 6.45) is 0. The molecule has 0 saturated carbocycles. The lowest BCUT2D eigenvalue weighted by atomic mass is 10.3. The predicted molar refractivity (Wildman–Crippen MR) is 29.0 cm³/mol. The maximum Gasteiger partial charge on any atom is 0.373 e. The lowest BCUT2D eigenvalue weighted by Crippen LogP contribution is -1.99. The molecule has 1 N–H and O–H groups in total. The summed E-state index contributed by atoms with van der Waals surface area (Å²) in [6.45, 7) is 1.47. The standard InChI is InChI=1S/C4H4O2S/c1-2(5)3-4(6)7-3/h3H,1H3/p+1/t3-/m0/s1. The van der Waals surface area contributed by atoms with Gasteiger partial charge in [-0.15, -0.1) is 0 Å². The summed E-state index contributed by atoms with van der Waals surface area (Å²) in [5.41, 5.74) is 0. The van der Waals surface area contributed by atoms with E-state index in [2.05, 4.69) is 0 Å². The van der Waals surface area contributed by atoms with E-state index in [1.807, 2.05) is 0 Å². The topological polar surface area (TPSA) is 38.5 Å². The Kier molecular flexibility index (Phi) is 0.922. The largest absolute Gasteiger partial charge is 0.373 e. The number of rotatable bonds is 1. The summed E-state index contributed by atoms with van der Waals surface area (Å²) in [4.78, 5) is 18.7. The van der Waals surface area contributed by atoms with Crippen LogP contribution in [-0.4, -0.2) is 20.9 Å². The molecule has 0 aromatic carbocycles. The zero-order chi connectivity index (χ0) is 5.44. The monoisotopic (exact) mass is 117 g/mol. The Balaban J connectivity index is 2.48. The zero-order valence-corrected chi connectivity index (χ0v) is 4.66. The van der Waals surface area contributed by atoms with Crippen molar-refractivity contribution in [1.82, 2.24) is 0 Å². The number of hydrogen-bond donors (Lipinski definition) is 0. The first-order valence-electron chi connectivity index (χ1n) is 1.94. The molecular formula is C4H5O2S+. The normalized spacial score (nSPS) is 27.6. The summed E-state index contributed by atoms with van der Waals surface area (Å²) >= 11 is 1.22. The van der Waals surface area contributed by atoms with Gasteiger partial charge >= 0.3 is 5.12 Å². The van der Waals surface area contributed by atoms with E-state index < -0.39 is 0 Å². The minimum Gasteiger partial charge on any atom is -0.298 e. The quantitative estimate of drug-likeness (QED) is 0.279. The van der Waals surface area contributed by atoms with Gasteiger partial charge < -0.3 is 0 Å². The Labute approximate surface area is 45.3 Å². The van der Waals surface area contributed by atoms with Gasteiger partial charge in [-0.05, 0) is 18.7 Å². The van der Waals surface area contributed by atoms with E-state index in [1.165, 1.54) is 18.7 Å². The number of carbonyl (C=O) groups excluding carboxylic acids is 2. The molecule has 2 nitrogen and oxygen atoms in total. The lowest BCUT2D eigenvalue weighted by molar-refractivity contribution is -0.115. The number of ketones is 1. The van der Waals surface area contributed by atoms with Gasteiger partial charge in [-0.2, -0.15) is 0 Å². The molecule has 1 heterocycles. The fourth-order valence-electron chi connectivity index (χ4n) is 0.344. The minimum absolute atomic E-state index is 0.0440. The van der Waals surface area contributed by atoms with E-state index >= 15 is 0 Å². The molecule has 0 spiro atoms. The highest BCUT2D eigenvalue weighted by Gasteiger charge is 2.48. The highest BCUT2D eigenvalue weighted by Crippen LogP contribution is 2.32. The van der Waals surface area contributed by atoms with Crippen LogP contribution < -0.4 is 0 Å². The molecule has 7 heavy (non-hydrogen) atoms. The summed E-state index contributed by atoms with van der Waals surface area (Å²) < 4.78 is 0. The van der Waals surface area contributed by atoms with Gasteiger partial charge in [-0.25, -0.2) is 0 Å². The van der Waals surface area contributed by atoms with Crippen LogP contribution in [0.25, 0.3) is 0 Å². The van der Waals surface area contributed by atoms with Crippen LogP contribution in [0.1, 0.15) is 6.92 Å². The Morgan fingerprint density at radius 3 is 2.43 bits per heavy atom. The van der Waals surface area contributed by atoms with Crippen LogP contribution in [0.4, 0.5) is 0 Å². The van der Waals surface area contributed by atoms with Crippen molar-refractivity contribution < 1.29 is 9.59 Å². The fourth-order valence-corrected chi connectivity index (χ4v) is 0.849. The van der Waals surface area contributed by atoms with Crippen LogP contribution in [-0.2, 0) is 4.79 Å². The van der Waals surface area contributed by atoms with Gasteiger partial charge in [0.2, 0.25) is 0 Å². The molecule has 1 fully saturated rings. The van der Waals surface area contributed by atoms with Crippen LogP contribution >= 0.6 is 11.8 Å². The first-order valence-corrected chi connectivity index (χ1v) is 2.82. The van der Waals surface area contributed by atoms with Crippen LogP contribution in [0, 0.1) is 0 Å². The molecule has 0 bridgehead atoms. The molecule has 1 atom stereocenters. The number of hydrogen-bond acceptors (Lipinski definition) is 2.